The molecule has 0 bridgehead atoms. The Labute approximate surface area is 107 Å². The molecule has 0 aliphatic carbocycles. The third-order valence-corrected chi connectivity index (χ3v) is 2.75. The van der Waals surface area contributed by atoms with Gasteiger partial charge in [0, 0.05) is 19.2 Å². The molecule has 6 nitrogen and oxygen atoms in total. The molecule has 18 heavy (non-hydrogen) atoms. The highest BCUT2D eigenvalue weighted by atomic mass is 16.5. The van der Waals surface area contributed by atoms with Crippen molar-refractivity contribution in [2.45, 2.75) is 20.4 Å². The number of rotatable bonds is 8. The molecule has 0 spiro atoms. The van der Waals surface area contributed by atoms with Gasteiger partial charge in [-0.15, -0.1) is 0 Å². The van der Waals surface area contributed by atoms with Crippen LogP contribution in [0.2, 0.25) is 0 Å². The van der Waals surface area contributed by atoms with Crippen LogP contribution in [0.25, 0.3) is 0 Å². The van der Waals surface area contributed by atoms with Crippen molar-refractivity contribution in [1.82, 2.24) is 14.7 Å². The van der Waals surface area contributed by atoms with Gasteiger partial charge in [-0.1, -0.05) is 13.8 Å². The van der Waals surface area contributed by atoms with Crippen LogP contribution in [-0.4, -0.2) is 47.5 Å². The monoisotopic (exact) mass is 254 g/mol. The van der Waals surface area contributed by atoms with E-state index in [1.54, 1.807) is 6.20 Å². The Morgan fingerprint density at radius 1 is 1.44 bits per heavy atom. The average molecular weight is 254 g/mol. The maximum absolute atomic E-state index is 11.8. The van der Waals surface area contributed by atoms with Crippen LogP contribution in [0.1, 0.15) is 13.8 Å². The van der Waals surface area contributed by atoms with E-state index in [0.29, 0.717) is 25.4 Å². The van der Waals surface area contributed by atoms with E-state index in [0.717, 1.165) is 19.6 Å². The third-order valence-electron chi connectivity index (χ3n) is 2.75. The summed E-state index contributed by atoms with van der Waals surface area (Å²) in [6.07, 6.45) is 1.55. The third kappa shape index (κ3) is 4.46. The van der Waals surface area contributed by atoms with Gasteiger partial charge < -0.3 is 15.4 Å². The molecule has 0 saturated heterocycles. The second kappa shape index (κ2) is 7.84. The lowest BCUT2D eigenvalue weighted by Crippen LogP contribution is -2.31. The van der Waals surface area contributed by atoms with Gasteiger partial charge in [-0.25, -0.2) is 4.68 Å². The minimum atomic E-state index is -0.142. The van der Waals surface area contributed by atoms with Gasteiger partial charge in [-0.3, -0.25) is 4.79 Å². The second-order valence-electron chi connectivity index (χ2n) is 3.92. The van der Waals surface area contributed by atoms with Crippen LogP contribution < -0.4 is 16.0 Å². The fourth-order valence-electron chi connectivity index (χ4n) is 1.62. The number of ether oxygens (including phenoxy) is 1. The number of aromatic nitrogens is 2. The Bertz CT molecular complexity index is 401. The summed E-state index contributed by atoms with van der Waals surface area (Å²) in [6.45, 7) is 8.38. The van der Waals surface area contributed by atoms with E-state index in [9.17, 15) is 4.79 Å². The average Bonchev–Trinajstić information content (AvgIpc) is 2.39. The first kappa shape index (κ1) is 14.7. The second-order valence-corrected chi connectivity index (χ2v) is 3.92. The normalized spacial score (nSPS) is 10.9. The van der Waals surface area contributed by atoms with Crippen molar-refractivity contribution in [1.29, 1.82) is 0 Å². The van der Waals surface area contributed by atoms with Crippen LogP contribution in [0.4, 0.5) is 0 Å². The predicted molar refractivity (Wildman–Crippen MR) is 70.8 cm³/mol. The number of hydrogen-bond acceptors (Lipinski definition) is 5. The summed E-state index contributed by atoms with van der Waals surface area (Å²) < 4.78 is 6.70. The minimum Gasteiger partial charge on any atom is -0.490 e. The zero-order valence-corrected chi connectivity index (χ0v) is 11.1. The van der Waals surface area contributed by atoms with Crippen LogP contribution in [0.3, 0.4) is 0 Å². The van der Waals surface area contributed by atoms with Crippen LogP contribution in [-0.2, 0) is 6.54 Å². The van der Waals surface area contributed by atoms with E-state index in [1.807, 2.05) is 0 Å². The molecular weight excluding hydrogens is 232 g/mol. The molecule has 0 amide bonds. The molecule has 0 saturated carbocycles. The quantitative estimate of drug-likeness (QED) is 0.702. The fraction of sp³-hybridized carbons (Fsp3) is 0.667. The van der Waals surface area contributed by atoms with Gasteiger partial charge in [0.2, 0.25) is 0 Å². The van der Waals surface area contributed by atoms with Gasteiger partial charge in [0.15, 0.2) is 0 Å². The molecule has 0 radical (unpaired) electrons. The molecule has 0 aromatic carbocycles. The maximum Gasteiger partial charge on any atom is 0.270 e. The smallest absolute Gasteiger partial charge is 0.270 e. The van der Waals surface area contributed by atoms with Crippen molar-refractivity contribution < 1.29 is 4.74 Å². The topological polar surface area (TPSA) is 73.4 Å². The highest BCUT2D eigenvalue weighted by molar-refractivity contribution is 5.13. The van der Waals surface area contributed by atoms with Gasteiger partial charge in [0.1, 0.15) is 12.4 Å². The van der Waals surface area contributed by atoms with Gasteiger partial charge >= 0.3 is 0 Å². The molecule has 1 aromatic rings. The molecule has 2 N–H and O–H groups in total. The maximum atomic E-state index is 11.8. The van der Waals surface area contributed by atoms with Crippen molar-refractivity contribution >= 4 is 0 Å². The van der Waals surface area contributed by atoms with E-state index in [4.69, 9.17) is 10.5 Å². The van der Waals surface area contributed by atoms with Crippen LogP contribution >= 0.6 is 0 Å². The first-order valence-electron chi connectivity index (χ1n) is 6.33. The molecular formula is C12H22N4O2. The summed E-state index contributed by atoms with van der Waals surface area (Å²) >= 11 is 0. The van der Waals surface area contributed by atoms with Crippen LogP contribution in [0.15, 0.2) is 17.1 Å². The van der Waals surface area contributed by atoms with E-state index >= 15 is 0 Å². The van der Waals surface area contributed by atoms with E-state index in [1.165, 1.54) is 10.7 Å². The fourth-order valence-corrected chi connectivity index (χ4v) is 1.62. The molecule has 1 heterocycles. The van der Waals surface area contributed by atoms with Crippen molar-refractivity contribution in [3.8, 4) is 5.75 Å². The molecule has 102 valence electrons. The van der Waals surface area contributed by atoms with Crippen LogP contribution in [0.5, 0.6) is 5.75 Å². The molecule has 0 aliphatic heterocycles. The van der Waals surface area contributed by atoms with Crippen molar-refractivity contribution in [3.05, 3.63) is 22.6 Å². The lowest BCUT2D eigenvalue weighted by molar-refractivity contribution is 0.280. The Balaban J connectivity index is 2.59. The predicted octanol–water partition coefficient (Wildman–Crippen LogP) is -0.0774. The first-order chi connectivity index (χ1) is 8.71. The van der Waals surface area contributed by atoms with Crippen molar-refractivity contribution in [2.24, 2.45) is 5.73 Å². The summed E-state index contributed by atoms with van der Waals surface area (Å²) in [7, 11) is 0. The van der Waals surface area contributed by atoms with Crippen molar-refractivity contribution in [3.63, 3.8) is 0 Å². The van der Waals surface area contributed by atoms with E-state index in [-0.39, 0.29) is 5.56 Å². The number of nitrogens with zero attached hydrogens (tertiary/aromatic N) is 3. The molecule has 0 fully saturated rings. The van der Waals surface area contributed by atoms with Gasteiger partial charge in [0.25, 0.3) is 5.56 Å². The SMILES string of the molecule is CCN(CC)CCn1ncc(OCCN)cc1=O. The van der Waals surface area contributed by atoms with E-state index < -0.39 is 0 Å². The molecule has 1 rings (SSSR count). The van der Waals surface area contributed by atoms with E-state index in [2.05, 4.69) is 23.8 Å². The Morgan fingerprint density at radius 3 is 2.72 bits per heavy atom. The van der Waals surface area contributed by atoms with Gasteiger partial charge in [-0.2, -0.15) is 5.10 Å². The molecule has 1 aromatic heterocycles. The standard InChI is InChI=1S/C12H22N4O2/c1-3-15(4-2)6-7-16-12(17)9-11(10-14-16)18-8-5-13/h9-10H,3-8,13H2,1-2H3. The highest BCUT2D eigenvalue weighted by Crippen LogP contribution is 2.02. The summed E-state index contributed by atoms with van der Waals surface area (Å²) in [4.78, 5) is 14.0. The highest BCUT2D eigenvalue weighted by Gasteiger charge is 2.03. The first-order valence-corrected chi connectivity index (χ1v) is 6.33. The Hall–Kier alpha value is -1.40. The molecule has 0 aliphatic rings. The summed E-state index contributed by atoms with van der Waals surface area (Å²) in [6, 6.07) is 1.45. The lowest BCUT2D eigenvalue weighted by atomic mass is 10.4. The number of nitrogens with two attached hydrogens (primary N) is 1. The van der Waals surface area contributed by atoms with Crippen LogP contribution in [0, 0.1) is 0 Å². The lowest BCUT2D eigenvalue weighted by Gasteiger charge is -2.17. The Kier molecular flexibility index (Phi) is 6.38. The Morgan fingerprint density at radius 2 is 2.17 bits per heavy atom. The summed E-state index contributed by atoms with van der Waals surface area (Å²) in [5.74, 6) is 0.476. The molecule has 0 atom stereocenters. The molecule has 0 unspecified atom stereocenters. The summed E-state index contributed by atoms with van der Waals surface area (Å²) in [5.41, 5.74) is 5.18. The minimum absolute atomic E-state index is 0.142. The largest absolute Gasteiger partial charge is 0.490 e. The van der Waals surface area contributed by atoms with Crippen molar-refractivity contribution in [2.75, 3.05) is 32.8 Å². The number of hydrogen-bond donors (Lipinski definition) is 1. The van der Waals surface area contributed by atoms with Gasteiger partial charge in [0.05, 0.1) is 12.7 Å². The zero-order valence-electron chi connectivity index (χ0n) is 11.1. The zero-order chi connectivity index (χ0) is 13.4. The summed E-state index contributed by atoms with van der Waals surface area (Å²) in [5, 5.41) is 4.08. The molecule has 6 heteroatoms. The number of likely N-dealkylation sites (N-methyl/N-ethyl adjacent to an activating group) is 1. The van der Waals surface area contributed by atoms with Gasteiger partial charge in [-0.05, 0) is 13.1 Å².